The van der Waals surface area contributed by atoms with Gasteiger partial charge < -0.3 is 25.4 Å². The number of rotatable bonds is 9. The number of carbonyl (C=O) groups excluding carboxylic acids is 1. The zero-order valence-electron chi connectivity index (χ0n) is 24.7. The molecule has 0 bridgehead atoms. The molecular formula is C34H31F2N7O3. The summed E-state index contributed by atoms with van der Waals surface area (Å²) < 4.78 is 40.6. The number of halogens is 2. The van der Waals surface area contributed by atoms with Crippen molar-refractivity contribution in [3.8, 4) is 45.1 Å². The summed E-state index contributed by atoms with van der Waals surface area (Å²) in [6.45, 7) is 3.16. The Morgan fingerprint density at radius 2 is 1.39 bits per heavy atom. The summed E-state index contributed by atoms with van der Waals surface area (Å²) >= 11 is 0. The molecule has 1 aromatic heterocycles. The summed E-state index contributed by atoms with van der Waals surface area (Å²) in [7, 11) is 0. The Morgan fingerprint density at radius 1 is 0.739 bits per heavy atom. The van der Waals surface area contributed by atoms with E-state index >= 15 is 0 Å². The van der Waals surface area contributed by atoms with Crippen LogP contribution in [0, 0.1) is 11.6 Å². The zero-order chi connectivity index (χ0) is 31.5. The van der Waals surface area contributed by atoms with E-state index in [0.717, 1.165) is 61.3 Å². The van der Waals surface area contributed by atoms with Gasteiger partial charge in [0.25, 0.3) is 5.91 Å². The van der Waals surface area contributed by atoms with E-state index in [-0.39, 0.29) is 18.1 Å². The molecule has 234 valence electrons. The van der Waals surface area contributed by atoms with Crippen molar-refractivity contribution in [2.75, 3.05) is 31.5 Å². The predicted molar refractivity (Wildman–Crippen MR) is 169 cm³/mol. The van der Waals surface area contributed by atoms with Crippen molar-refractivity contribution in [3.05, 3.63) is 96.1 Å². The molecule has 10 nitrogen and oxygen atoms in total. The molecule has 2 saturated heterocycles. The lowest BCUT2D eigenvalue weighted by Gasteiger charge is -2.19. The third-order valence-electron chi connectivity index (χ3n) is 8.13. The van der Waals surface area contributed by atoms with Crippen LogP contribution in [0.1, 0.15) is 23.2 Å². The summed E-state index contributed by atoms with van der Waals surface area (Å²) in [5.41, 5.74) is 4.29. The van der Waals surface area contributed by atoms with E-state index in [2.05, 4.69) is 36.6 Å². The van der Waals surface area contributed by atoms with E-state index < -0.39 is 11.6 Å². The molecule has 2 aliphatic heterocycles. The lowest BCUT2D eigenvalue weighted by molar-refractivity contribution is 0.102. The molecule has 2 atom stereocenters. The van der Waals surface area contributed by atoms with Crippen molar-refractivity contribution in [2.24, 2.45) is 0 Å². The molecule has 2 fully saturated rings. The molecule has 0 aliphatic carbocycles. The smallest absolute Gasteiger partial charge is 0.255 e. The number of hydrogen-bond acceptors (Lipinski definition) is 8. The van der Waals surface area contributed by atoms with Gasteiger partial charge in [-0.25, -0.2) is 8.78 Å². The lowest BCUT2D eigenvalue weighted by Crippen LogP contribution is -2.20. The van der Waals surface area contributed by atoms with Gasteiger partial charge in [-0.3, -0.25) is 4.79 Å². The number of H-pyrrole nitrogens is 1. The average molecular weight is 624 g/mol. The highest BCUT2D eigenvalue weighted by Gasteiger charge is 2.22. The SMILES string of the molecule is O=C(Nc1ccc(OC2CCNC2)c(-c2ccc(-c3nn[nH]n3)cc2)c1)c1ccc(OC2CCNC2)c(-c2ccc(F)c(F)c2)c1. The molecule has 0 saturated carbocycles. The molecule has 2 aliphatic rings. The molecular weight excluding hydrogens is 592 g/mol. The molecule has 4 aromatic carbocycles. The van der Waals surface area contributed by atoms with E-state index in [1.165, 1.54) is 6.07 Å². The largest absolute Gasteiger partial charge is 0.488 e. The van der Waals surface area contributed by atoms with Gasteiger partial charge in [0.15, 0.2) is 11.6 Å². The number of aromatic nitrogens is 4. The Hall–Kier alpha value is -5.20. The fourth-order valence-electron chi connectivity index (χ4n) is 5.70. The van der Waals surface area contributed by atoms with E-state index in [9.17, 15) is 13.6 Å². The van der Waals surface area contributed by atoms with Crippen LogP contribution in [0.4, 0.5) is 14.5 Å². The quantitative estimate of drug-likeness (QED) is 0.176. The van der Waals surface area contributed by atoms with Gasteiger partial charge in [0.2, 0.25) is 5.82 Å². The molecule has 0 spiro atoms. The van der Waals surface area contributed by atoms with Crippen molar-refractivity contribution >= 4 is 11.6 Å². The molecule has 5 aromatic rings. The first-order valence-electron chi connectivity index (χ1n) is 15.1. The van der Waals surface area contributed by atoms with Gasteiger partial charge in [-0.15, -0.1) is 10.2 Å². The first-order chi connectivity index (χ1) is 22.5. The first-order valence-corrected chi connectivity index (χ1v) is 15.1. The molecule has 4 N–H and O–H groups in total. The van der Waals surface area contributed by atoms with Crippen molar-refractivity contribution in [2.45, 2.75) is 25.0 Å². The summed E-state index contributed by atoms with van der Waals surface area (Å²) in [6.07, 6.45) is 1.68. The maximum Gasteiger partial charge on any atom is 0.255 e. The number of nitrogens with zero attached hydrogens (tertiary/aromatic N) is 3. The van der Waals surface area contributed by atoms with Crippen LogP contribution in [0.15, 0.2) is 78.9 Å². The predicted octanol–water partition coefficient (Wildman–Crippen LogP) is 5.21. The third kappa shape index (κ3) is 6.44. The number of ether oxygens (including phenoxy) is 2. The van der Waals surface area contributed by atoms with Gasteiger partial charge in [-0.2, -0.15) is 5.21 Å². The zero-order valence-corrected chi connectivity index (χ0v) is 24.7. The summed E-state index contributed by atoms with van der Waals surface area (Å²) in [5, 5.41) is 23.7. The number of hydrogen-bond donors (Lipinski definition) is 4. The number of nitrogens with one attached hydrogen (secondary N) is 4. The normalized spacial score (nSPS) is 17.6. The minimum atomic E-state index is -0.977. The summed E-state index contributed by atoms with van der Waals surface area (Å²) in [6, 6.07) is 21.9. The Balaban J connectivity index is 1.18. The van der Waals surface area contributed by atoms with Gasteiger partial charge in [0.05, 0.1) is 0 Å². The van der Waals surface area contributed by atoms with E-state index in [0.29, 0.717) is 46.2 Å². The molecule has 46 heavy (non-hydrogen) atoms. The third-order valence-corrected chi connectivity index (χ3v) is 8.13. The first kappa shape index (κ1) is 29.5. The van der Waals surface area contributed by atoms with Gasteiger partial charge >= 0.3 is 0 Å². The second-order valence-corrected chi connectivity index (χ2v) is 11.3. The molecule has 1 amide bonds. The summed E-state index contributed by atoms with van der Waals surface area (Å²) in [4.78, 5) is 13.6. The van der Waals surface area contributed by atoms with Gasteiger partial charge in [0, 0.05) is 41.0 Å². The summed E-state index contributed by atoms with van der Waals surface area (Å²) in [5.74, 6) is -0.621. The Morgan fingerprint density at radius 3 is 2.02 bits per heavy atom. The highest BCUT2D eigenvalue weighted by atomic mass is 19.2. The molecule has 2 unspecified atom stereocenters. The fourth-order valence-corrected chi connectivity index (χ4v) is 5.70. The number of tetrazole rings is 1. The van der Waals surface area contributed by atoms with Gasteiger partial charge in [0.1, 0.15) is 23.7 Å². The number of carbonyl (C=O) groups is 1. The second-order valence-electron chi connectivity index (χ2n) is 11.3. The van der Waals surface area contributed by atoms with Crippen LogP contribution in [0.25, 0.3) is 33.6 Å². The minimum Gasteiger partial charge on any atom is -0.488 e. The maximum absolute atomic E-state index is 14.3. The van der Waals surface area contributed by atoms with Crippen LogP contribution in [0.3, 0.4) is 0 Å². The van der Waals surface area contributed by atoms with Crippen molar-refractivity contribution in [1.29, 1.82) is 0 Å². The van der Waals surface area contributed by atoms with Crippen LogP contribution in [-0.4, -0.2) is 64.9 Å². The second kappa shape index (κ2) is 13.0. The molecule has 3 heterocycles. The number of amides is 1. The Labute approximate surface area is 263 Å². The maximum atomic E-state index is 14.3. The van der Waals surface area contributed by atoms with Crippen LogP contribution >= 0.6 is 0 Å². The molecule has 0 radical (unpaired) electrons. The molecule has 7 rings (SSSR count). The number of aromatic amines is 1. The highest BCUT2D eigenvalue weighted by Crippen LogP contribution is 2.36. The Kier molecular flexibility index (Phi) is 8.36. The van der Waals surface area contributed by atoms with Gasteiger partial charge in [-0.05, 0) is 90.8 Å². The van der Waals surface area contributed by atoms with Crippen LogP contribution < -0.4 is 25.4 Å². The fraction of sp³-hybridized carbons (Fsp3) is 0.235. The van der Waals surface area contributed by atoms with E-state index in [4.69, 9.17) is 9.47 Å². The van der Waals surface area contributed by atoms with E-state index in [1.807, 2.05) is 36.4 Å². The Bertz CT molecular complexity index is 1840. The molecule has 12 heteroatoms. The monoisotopic (exact) mass is 623 g/mol. The van der Waals surface area contributed by atoms with Gasteiger partial charge in [-0.1, -0.05) is 30.3 Å². The lowest BCUT2D eigenvalue weighted by atomic mass is 10.0. The van der Waals surface area contributed by atoms with Crippen LogP contribution in [-0.2, 0) is 0 Å². The van der Waals surface area contributed by atoms with Crippen molar-refractivity contribution in [3.63, 3.8) is 0 Å². The number of anilines is 1. The number of benzene rings is 4. The average Bonchev–Trinajstić information content (AvgIpc) is 3.89. The topological polar surface area (TPSA) is 126 Å². The van der Waals surface area contributed by atoms with Crippen molar-refractivity contribution < 1.29 is 23.0 Å². The van der Waals surface area contributed by atoms with Crippen LogP contribution in [0.2, 0.25) is 0 Å². The minimum absolute atomic E-state index is 0.0354. The standard InChI is InChI=1S/C34H31F2N7O3/c35-29-8-5-22(16-30(29)36)27-15-23(6-9-31(27)45-25-11-13-37-18-25)34(44)39-24-7-10-32(46-26-12-14-38-19-26)28(17-24)20-1-3-21(4-2-20)33-40-42-43-41-33/h1-10,15-17,25-26,37-38H,11-14,18-19H2,(H,39,44)(H,40,41,42,43). The van der Waals surface area contributed by atoms with Crippen molar-refractivity contribution in [1.82, 2.24) is 31.3 Å². The highest BCUT2D eigenvalue weighted by molar-refractivity contribution is 6.05. The van der Waals surface area contributed by atoms with Crippen LogP contribution in [0.5, 0.6) is 11.5 Å². The van der Waals surface area contributed by atoms with E-state index in [1.54, 1.807) is 24.3 Å².